The number of nitrogens with zero attached hydrogens (tertiary/aromatic N) is 1. The van der Waals surface area contributed by atoms with Gasteiger partial charge in [-0.1, -0.05) is 32.9 Å². The molecule has 1 heterocycles. The van der Waals surface area contributed by atoms with E-state index in [1.165, 1.54) is 6.08 Å². The molecule has 0 radical (unpaired) electrons. The summed E-state index contributed by atoms with van der Waals surface area (Å²) in [5, 5.41) is 9.25. The Morgan fingerprint density at radius 3 is 2.35 bits per heavy atom. The maximum Gasteiger partial charge on any atom is 0.338 e. The van der Waals surface area contributed by atoms with Crippen molar-refractivity contribution in [2.75, 3.05) is 6.61 Å². The highest BCUT2D eigenvalue weighted by molar-refractivity contribution is 6.06. The van der Waals surface area contributed by atoms with Crippen LogP contribution in [-0.2, 0) is 9.53 Å². The van der Waals surface area contributed by atoms with Gasteiger partial charge < -0.3 is 9.15 Å². The second kappa shape index (κ2) is 7.83. The molecule has 0 unspecified atom stereocenters. The Kier molecular flexibility index (Phi) is 5.78. The van der Waals surface area contributed by atoms with Crippen molar-refractivity contribution < 1.29 is 18.7 Å². The zero-order chi connectivity index (χ0) is 19.3. The van der Waals surface area contributed by atoms with Gasteiger partial charge in [0.15, 0.2) is 5.78 Å². The number of nitriles is 1. The fraction of sp³-hybridized carbons (Fsp3) is 0.286. The molecule has 0 aliphatic carbocycles. The van der Waals surface area contributed by atoms with Crippen LogP contribution < -0.4 is 0 Å². The molecule has 0 N–H and O–H groups in total. The van der Waals surface area contributed by atoms with Crippen molar-refractivity contribution in [3.63, 3.8) is 0 Å². The SMILES string of the molecule is CCOC(=O)c1ccc(-c2ccc(/C=C(\C#N)C(=O)C(C)(C)C)o2)cc1. The molecule has 1 aromatic carbocycles. The van der Waals surface area contributed by atoms with E-state index in [1.807, 2.05) is 6.07 Å². The number of ether oxygens (including phenoxy) is 1. The maximum atomic E-state index is 12.3. The number of carbonyl (C=O) groups excluding carboxylic acids is 2. The number of esters is 1. The van der Waals surface area contributed by atoms with Crippen molar-refractivity contribution in [3.8, 4) is 17.4 Å². The molecule has 5 heteroatoms. The van der Waals surface area contributed by atoms with E-state index in [-0.39, 0.29) is 17.3 Å². The molecule has 1 aromatic heterocycles. The lowest BCUT2D eigenvalue weighted by atomic mass is 9.86. The first-order valence-electron chi connectivity index (χ1n) is 8.30. The third-order valence-electron chi connectivity index (χ3n) is 3.64. The molecular weight excluding hydrogens is 330 g/mol. The summed E-state index contributed by atoms with van der Waals surface area (Å²) in [5.41, 5.74) is 0.652. The average molecular weight is 351 g/mol. The number of allylic oxidation sites excluding steroid dienone is 1. The topological polar surface area (TPSA) is 80.3 Å². The summed E-state index contributed by atoms with van der Waals surface area (Å²) in [6, 6.07) is 12.2. The number of carbonyl (C=O) groups is 2. The summed E-state index contributed by atoms with van der Waals surface area (Å²) < 4.78 is 10.7. The van der Waals surface area contributed by atoms with Gasteiger partial charge in [-0.2, -0.15) is 5.26 Å². The Balaban J connectivity index is 2.24. The number of hydrogen-bond donors (Lipinski definition) is 0. The van der Waals surface area contributed by atoms with E-state index in [9.17, 15) is 14.9 Å². The van der Waals surface area contributed by atoms with Crippen LogP contribution in [0.5, 0.6) is 0 Å². The summed E-state index contributed by atoms with van der Waals surface area (Å²) >= 11 is 0. The smallest absolute Gasteiger partial charge is 0.338 e. The van der Waals surface area contributed by atoms with Crippen LogP contribution in [0, 0.1) is 16.7 Å². The minimum atomic E-state index is -0.639. The normalized spacial score (nSPS) is 11.7. The van der Waals surface area contributed by atoms with Crippen LogP contribution in [0.15, 0.2) is 46.4 Å². The van der Waals surface area contributed by atoms with Gasteiger partial charge in [0.05, 0.1) is 17.7 Å². The number of ketones is 1. The quantitative estimate of drug-likeness (QED) is 0.445. The second-order valence-electron chi connectivity index (χ2n) is 6.75. The van der Waals surface area contributed by atoms with Crippen molar-refractivity contribution in [1.29, 1.82) is 5.26 Å². The first-order chi connectivity index (χ1) is 12.3. The molecule has 0 saturated carbocycles. The second-order valence-corrected chi connectivity index (χ2v) is 6.75. The molecule has 0 aliphatic rings. The monoisotopic (exact) mass is 351 g/mol. The summed E-state index contributed by atoms with van der Waals surface area (Å²) in [6.45, 7) is 7.37. The number of benzene rings is 1. The van der Waals surface area contributed by atoms with Crippen LogP contribution in [0.4, 0.5) is 0 Å². The summed E-state index contributed by atoms with van der Waals surface area (Å²) in [4.78, 5) is 23.9. The minimum Gasteiger partial charge on any atom is -0.462 e. The zero-order valence-electron chi connectivity index (χ0n) is 15.3. The van der Waals surface area contributed by atoms with E-state index in [2.05, 4.69) is 0 Å². The first-order valence-corrected chi connectivity index (χ1v) is 8.30. The first kappa shape index (κ1) is 19.2. The molecule has 134 valence electrons. The van der Waals surface area contributed by atoms with Gasteiger partial charge in [0.2, 0.25) is 0 Å². The summed E-state index contributed by atoms with van der Waals surface area (Å²) in [5.74, 6) is 0.383. The molecule has 2 rings (SSSR count). The lowest BCUT2D eigenvalue weighted by Gasteiger charge is -2.15. The van der Waals surface area contributed by atoms with Gasteiger partial charge in [-0.15, -0.1) is 0 Å². The molecule has 0 atom stereocenters. The number of furan rings is 1. The van der Waals surface area contributed by atoms with Crippen LogP contribution >= 0.6 is 0 Å². The number of Topliss-reactive ketones (excluding diaryl/α,β-unsaturated/α-hetero) is 1. The van der Waals surface area contributed by atoms with Gasteiger partial charge in [0.25, 0.3) is 0 Å². The van der Waals surface area contributed by atoms with Crippen LogP contribution in [0.2, 0.25) is 0 Å². The minimum absolute atomic E-state index is 0.0519. The largest absolute Gasteiger partial charge is 0.462 e. The zero-order valence-corrected chi connectivity index (χ0v) is 15.3. The van der Waals surface area contributed by atoms with E-state index in [4.69, 9.17) is 9.15 Å². The van der Waals surface area contributed by atoms with E-state index in [0.29, 0.717) is 23.7 Å². The van der Waals surface area contributed by atoms with Gasteiger partial charge >= 0.3 is 5.97 Å². The van der Waals surface area contributed by atoms with Crippen LogP contribution in [0.1, 0.15) is 43.8 Å². The molecule has 0 aliphatic heterocycles. The predicted molar refractivity (Wildman–Crippen MR) is 98.2 cm³/mol. The van der Waals surface area contributed by atoms with Gasteiger partial charge in [-0.3, -0.25) is 4.79 Å². The van der Waals surface area contributed by atoms with Gasteiger partial charge in [0, 0.05) is 17.1 Å². The van der Waals surface area contributed by atoms with Gasteiger partial charge in [0.1, 0.15) is 17.6 Å². The average Bonchev–Trinajstić information content (AvgIpc) is 3.07. The Labute approximate surface area is 152 Å². The van der Waals surface area contributed by atoms with Crippen molar-refractivity contribution in [2.24, 2.45) is 5.41 Å². The van der Waals surface area contributed by atoms with Gasteiger partial charge in [-0.25, -0.2) is 4.79 Å². The Morgan fingerprint density at radius 2 is 1.81 bits per heavy atom. The van der Waals surface area contributed by atoms with E-state index < -0.39 is 5.41 Å². The molecule has 0 saturated heterocycles. The van der Waals surface area contributed by atoms with Crippen LogP contribution in [-0.4, -0.2) is 18.4 Å². The third kappa shape index (κ3) is 4.48. The molecule has 26 heavy (non-hydrogen) atoms. The van der Waals surface area contributed by atoms with Crippen molar-refractivity contribution in [1.82, 2.24) is 0 Å². The molecule has 0 fully saturated rings. The van der Waals surface area contributed by atoms with E-state index in [1.54, 1.807) is 64.1 Å². The molecule has 2 aromatic rings. The molecule has 0 spiro atoms. The fourth-order valence-electron chi connectivity index (χ4n) is 2.27. The summed E-state index contributed by atoms with van der Waals surface area (Å²) in [7, 11) is 0. The third-order valence-corrected chi connectivity index (χ3v) is 3.64. The highest BCUT2D eigenvalue weighted by Crippen LogP contribution is 2.26. The van der Waals surface area contributed by atoms with Crippen LogP contribution in [0.25, 0.3) is 17.4 Å². The highest BCUT2D eigenvalue weighted by atomic mass is 16.5. The lowest BCUT2D eigenvalue weighted by molar-refractivity contribution is -0.121. The summed E-state index contributed by atoms with van der Waals surface area (Å²) in [6.07, 6.45) is 1.45. The van der Waals surface area contributed by atoms with E-state index >= 15 is 0 Å². The van der Waals surface area contributed by atoms with Crippen molar-refractivity contribution >= 4 is 17.8 Å². The predicted octanol–water partition coefficient (Wildman–Crippen LogP) is 4.65. The molecule has 5 nitrogen and oxygen atoms in total. The Bertz CT molecular complexity index is 874. The van der Waals surface area contributed by atoms with Crippen molar-refractivity contribution in [3.05, 3.63) is 53.3 Å². The lowest BCUT2D eigenvalue weighted by Crippen LogP contribution is -2.21. The molecule has 0 amide bonds. The highest BCUT2D eigenvalue weighted by Gasteiger charge is 2.25. The maximum absolute atomic E-state index is 12.3. The standard InChI is InChI=1S/C21H21NO4/c1-5-25-20(24)15-8-6-14(7-9-15)18-11-10-17(26-18)12-16(13-22)19(23)21(2,3)4/h6-12H,5H2,1-4H3/b16-12+. The van der Waals surface area contributed by atoms with E-state index in [0.717, 1.165) is 5.56 Å². The number of hydrogen-bond acceptors (Lipinski definition) is 5. The Hall–Kier alpha value is -3.13. The van der Waals surface area contributed by atoms with Crippen LogP contribution in [0.3, 0.4) is 0 Å². The molecular formula is C21H21NO4. The number of rotatable bonds is 5. The Morgan fingerprint density at radius 1 is 1.15 bits per heavy atom. The van der Waals surface area contributed by atoms with Gasteiger partial charge in [-0.05, 0) is 31.2 Å². The molecule has 0 bridgehead atoms. The van der Waals surface area contributed by atoms with Crippen molar-refractivity contribution in [2.45, 2.75) is 27.7 Å². The fourth-order valence-corrected chi connectivity index (χ4v) is 2.27.